The van der Waals surface area contributed by atoms with Crippen molar-refractivity contribution >= 4 is 11.9 Å². The largest absolute Gasteiger partial charge is 0.508 e. The molecule has 1 aliphatic carbocycles. The van der Waals surface area contributed by atoms with E-state index in [0.717, 1.165) is 64.4 Å². The smallest absolute Gasteiger partial charge is 0.234 e. The molecule has 148 valence electrons. The van der Waals surface area contributed by atoms with Crippen molar-refractivity contribution in [3.8, 4) is 5.75 Å². The lowest BCUT2D eigenvalue weighted by Crippen LogP contribution is -2.54. The number of guanidine groups is 1. The standard InChI is InChI=1S/C20H31N5O2/c1-21-20(22-10-2-3-16-4-8-18(26)9-5-16)25-13-11-24(12-14-25)15-19(27)23-17-6-7-17/h4-5,8-9,17,26H,2-3,6-7,10-15H2,1H3,(H,21,22)(H,23,27). The molecule has 0 atom stereocenters. The van der Waals surface area contributed by atoms with Gasteiger partial charge in [0.1, 0.15) is 5.75 Å². The molecule has 2 aliphatic rings. The second kappa shape index (κ2) is 9.60. The van der Waals surface area contributed by atoms with E-state index in [1.54, 1.807) is 12.1 Å². The fourth-order valence-electron chi connectivity index (χ4n) is 3.31. The Bertz CT molecular complexity index is 634. The van der Waals surface area contributed by atoms with E-state index >= 15 is 0 Å². The number of hydrogen-bond acceptors (Lipinski definition) is 4. The number of carbonyl (C=O) groups is 1. The van der Waals surface area contributed by atoms with Gasteiger partial charge >= 0.3 is 0 Å². The highest BCUT2D eigenvalue weighted by Gasteiger charge is 2.25. The topological polar surface area (TPSA) is 80.2 Å². The summed E-state index contributed by atoms with van der Waals surface area (Å²) >= 11 is 0. The van der Waals surface area contributed by atoms with E-state index in [1.807, 2.05) is 19.2 Å². The monoisotopic (exact) mass is 373 g/mol. The molecule has 2 fully saturated rings. The van der Waals surface area contributed by atoms with Gasteiger partial charge in [-0.15, -0.1) is 0 Å². The molecule has 0 unspecified atom stereocenters. The first-order valence-corrected chi connectivity index (χ1v) is 9.89. The molecule has 1 aliphatic heterocycles. The van der Waals surface area contributed by atoms with E-state index in [-0.39, 0.29) is 5.91 Å². The van der Waals surface area contributed by atoms with E-state index in [1.165, 1.54) is 5.56 Å². The Kier molecular flexibility index (Phi) is 6.92. The summed E-state index contributed by atoms with van der Waals surface area (Å²) in [4.78, 5) is 20.8. The number of phenolic OH excluding ortho intramolecular Hbond substituents is 1. The van der Waals surface area contributed by atoms with Crippen molar-refractivity contribution in [1.82, 2.24) is 20.4 Å². The lowest BCUT2D eigenvalue weighted by Gasteiger charge is -2.36. The van der Waals surface area contributed by atoms with Gasteiger partial charge in [0.25, 0.3) is 0 Å². The highest BCUT2D eigenvalue weighted by Crippen LogP contribution is 2.18. The van der Waals surface area contributed by atoms with Crippen molar-refractivity contribution in [3.05, 3.63) is 29.8 Å². The Labute approximate surface area is 161 Å². The number of aryl methyl sites for hydroxylation is 1. The Morgan fingerprint density at radius 2 is 1.89 bits per heavy atom. The van der Waals surface area contributed by atoms with Gasteiger partial charge in [-0.1, -0.05) is 12.1 Å². The predicted octanol–water partition coefficient (Wildman–Crippen LogP) is 0.796. The number of hydrogen-bond donors (Lipinski definition) is 3. The van der Waals surface area contributed by atoms with Crippen LogP contribution in [0.3, 0.4) is 0 Å². The first-order valence-electron chi connectivity index (χ1n) is 9.89. The molecule has 0 spiro atoms. The minimum Gasteiger partial charge on any atom is -0.508 e. The summed E-state index contributed by atoms with van der Waals surface area (Å²) in [6, 6.07) is 7.81. The van der Waals surface area contributed by atoms with Crippen molar-refractivity contribution in [1.29, 1.82) is 0 Å². The third-order valence-corrected chi connectivity index (χ3v) is 5.05. The van der Waals surface area contributed by atoms with E-state index in [2.05, 4.69) is 25.4 Å². The minimum atomic E-state index is 0.155. The van der Waals surface area contributed by atoms with Gasteiger partial charge in [0.15, 0.2) is 5.96 Å². The molecule has 0 aromatic heterocycles. The maximum atomic E-state index is 11.9. The number of carbonyl (C=O) groups excluding carboxylic acids is 1. The molecule has 7 nitrogen and oxygen atoms in total. The first kappa shape index (κ1) is 19.5. The summed E-state index contributed by atoms with van der Waals surface area (Å²) in [5.41, 5.74) is 1.22. The van der Waals surface area contributed by atoms with Crippen molar-refractivity contribution < 1.29 is 9.90 Å². The summed E-state index contributed by atoms with van der Waals surface area (Å²) < 4.78 is 0. The molecule has 3 rings (SSSR count). The highest BCUT2D eigenvalue weighted by atomic mass is 16.3. The molecular weight excluding hydrogens is 342 g/mol. The molecule has 1 amide bonds. The molecule has 1 aromatic carbocycles. The van der Waals surface area contributed by atoms with Crippen LogP contribution in [0, 0.1) is 0 Å². The summed E-state index contributed by atoms with van der Waals surface area (Å²) in [5, 5.41) is 15.8. The number of aliphatic imine (C=N–C) groups is 1. The van der Waals surface area contributed by atoms with Crippen LogP contribution in [0.25, 0.3) is 0 Å². The highest BCUT2D eigenvalue weighted by molar-refractivity contribution is 5.80. The van der Waals surface area contributed by atoms with E-state index < -0.39 is 0 Å². The molecule has 1 saturated carbocycles. The van der Waals surface area contributed by atoms with Crippen molar-refractivity contribution in [2.45, 2.75) is 31.7 Å². The van der Waals surface area contributed by atoms with E-state index in [4.69, 9.17) is 0 Å². The Hall–Kier alpha value is -2.28. The van der Waals surface area contributed by atoms with Gasteiger partial charge in [-0.3, -0.25) is 14.7 Å². The van der Waals surface area contributed by atoms with Crippen LogP contribution in [0.15, 0.2) is 29.3 Å². The Morgan fingerprint density at radius 3 is 2.52 bits per heavy atom. The third kappa shape index (κ3) is 6.43. The van der Waals surface area contributed by atoms with Crippen LogP contribution in [-0.4, -0.2) is 79.1 Å². The Morgan fingerprint density at radius 1 is 1.19 bits per heavy atom. The van der Waals surface area contributed by atoms with Crippen LogP contribution in [0.5, 0.6) is 5.75 Å². The fourth-order valence-corrected chi connectivity index (χ4v) is 3.31. The number of aromatic hydroxyl groups is 1. The van der Waals surface area contributed by atoms with Crippen LogP contribution in [0.1, 0.15) is 24.8 Å². The van der Waals surface area contributed by atoms with Crippen LogP contribution in [-0.2, 0) is 11.2 Å². The van der Waals surface area contributed by atoms with Gasteiger partial charge in [-0.2, -0.15) is 0 Å². The molecular formula is C20H31N5O2. The van der Waals surface area contributed by atoms with Crippen molar-refractivity contribution in [2.24, 2.45) is 4.99 Å². The SMILES string of the molecule is CN=C(NCCCc1ccc(O)cc1)N1CCN(CC(=O)NC2CC2)CC1. The van der Waals surface area contributed by atoms with E-state index in [0.29, 0.717) is 18.3 Å². The lowest BCUT2D eigenvalue weighted by molar-refractivity contribution is -0.122. The molecule has 1 saturated heterocycles. The van der Waals surface area contributed by atoms with Gasteiger partial charge in [-0.05, 0) is 43.4 Å². The molecule has 7 heteroatoms. The van der Waals surface area contributed by atoms with Crippen LogP contribution < -0.4 is 10.6 Å². The van der Waals surface area contributed by atoms with E-state index in [9.17, 15) is 9.90 Å². The lowest BCUT2D eigenvalue weighted by atomic mass is 10.1. The van der Waals surface area contributed by atoms with Crippen molar-refractivity contribution in [2.75, 3.05) is 46.3 Å². The number of nitrogens with one attached hydrogen (secondary N) is 2. The number of piperazine rings is 1. The summed E-state index contributed by atoms with van der Waals surface area (Å²) in [7, 11) is 1.82. The Balaban J connectivity index is 1.33. The van der Waals surface area contributed by atoms with Gasteiger partial charge in [0.05, 0.1) is 6.54 Å². The van der Waals surface area contributed by atoms with Gasteiger partial charge < -0.3 is 20.6 Å². The zero-order valence-electron chi connectivity index (χ0n) is 16.2. The summed E-state index contributed by atoms with van der Waals surface area (Å²) in [5.74, 6) is 1.40. The molecule has 27 heavy (non-hydrogen) atoms. The molecule has 1 heterocycles. The predicted molar refractivity (Wildman–Crippen MR) is 107 cm³/mol. The molecule has 0 bridgehead atoms. The first-order chi connectivity index (χ1) is 13.1. The maximum Gasteiger partial charge on any atom is 0.234 e. The fraction of sp³-hybridized carbons (Fsp3) is 0.600. The minimum absolute atomic E-state index is 0.155. The number of amides is 1. The normalized spacial score (nSPS) is 18.4. The van der Waals surface area contributed by atoms with Gasteiger partial charge in [0.2, 0.25) is 5.91 Å². The number of benzene rings is 1. The van der Waals surface area contributed by atoms with Gasteiger partial charge in [0, 0.05) is 45.8 Å². The van der Waals surface area contributed by atoms with Crippen LogP contribution in [0.4, 0.5) is 0 Å². The quantitative estimate of drug-likeness (QED) is 0.374. The average Bonchev–Trinajstić information content (AvgIpc) is 3.48. The number of nitrogens with zero attached hydrogens (tertiary/aromatic N) is 3. The number of phenols is 1. The molecule has 1 aromatic rings. The number of rotatable bonds is 7. The van der Waals surface area contributed by atoms with Crippen LogP contribution in [0.2, 0.25) is 0 Å². The third-order valence-electron chi connectivity index (χ3n) is 5.05. The zero-order chi connectivity index (χ0) is 19.1. The van der Waals surface area contributed by atoms with Gasteiger partial charge in [-0.25, -0.2) is 0 Å². The summed E-state index contributed by atoms with van der Waals surface area (Å²) in [6.07, 6.45) is 4.24. The zero-order valence-corrected chi connectivity index (χ0v) is 16.2. The average molecular weight is 374 g/mol. The van der Waals surface area contributed by atoms with Crippen molar-refractivity contribution in [3.63, 3.8) is 0 Å². The maximum absolute atomic E-state index is 11.9. The molecule has 3 N–H and O–H groups in total. The van der Waals surface area contributed by atoms with Crippen LogP contribution >= 0.6 is 0 Å². The molecule has 0 radical (unpaired) electrons. The second-order valence-corrected chi connectivity index (χ2v) is 7.35. The second-order valence-electron chi connectivity index (χ2n) is 7.35. The summed E-state index contributed by atoms with van der Waals surface area (Å²) in [6.45, 7) is 4.89.